The van der Waals surface area contributed by atoms with Crippen LogP contribution in [0.15, 0.2) is 35.9 Å². The number of carbonyl (C=O) groups is 2. The molecule has 0 radical (unpaired) electrons. The van der Waals surface area contributed by atoms with Crippen molar-refractivity contribution in [2.75, 3.05) is 19.0 Å². The number of allylic oxidation sites excluding steroid dienone is 1. The van der Waals surface area contributed by atoms with Gasteiger partial charge < -0.3 is 24.1 Å². The van der Waals surface area contributed by atoms with Crippen LogP contribution >= 0.6 is 0 Å². The Morgan fingerprint density at radius 1 is 1.28 bits per heavy atom. The number of carbonyl (C=O) groups excluding carboxylic acids is 1. The van der Waals surface area contributed by atoms with Crippen LogP contribution in [0.25, 0.3) is 0 Å². The average molecular weight is 446 g/mol. The standard InChI is InChI=1S/C24H31NO7/c1-14(2)5-10-18-23(3,32-18)20-19(29-4)17(11-12-24(20)13-30-24)31-22(28)25-16-8-6-15(7-9-16)21(26)27/h5-9,17-20H,10-13H2,1-4H3,(H,25,28)(H,26,27)/t17-,18?,19-,20-,23+,24+/m1/s1. The Kier molecular flexibility index (Phi) is 6.04. The van der Waals surface area contributed by atoms with Gasteiger partial charge in [0, 0.05) is 12.8 Å². The zero-order chi connectivity index (χ0) is 23.1. The Balaban J connectivity index is 1.44. The molecule has 3 fully saturated rings. The number of methoxy groups -OCH3 is 1. The van der Waals surface area contributed by atoms with Crippen molar-refractivity contribution in [3.05, 3.63) is 41.5 Å². The molecule has 1 unspecified atom stereocenters. The molecule has 8 heteroatoms. The highest BCUT2D eigenvalue weighted by Crippen LogP contribution is 2.59. The molecule has 1 spiro atoms. The number of ether oxygens (including phenoxy) is 4. The zero-order valence-electron chi connectivity index (χ0n) is 18.9. The Morgan fingerprint density at radius 2 is 1.97 bits per heavy atom. The Bertz CT molecular complexity index is 903. The predicted octanol–water partition coefficient (Wildman–Crippen LogP) is 4.01. The molecular weight excluding hydrogens is 414 g/mol. The molecule has 3 aliphatic rings. The van der Waals surface area contributed by atoms with E-state index in [1.165, 1.54) is 29.8 Å². The van der Waals surface area contributed by atoms with Crippen LogP contribution in [-0.4, -0.2) is 60.4 Å². The quantitative estimate of drug-likeness (QED) is 0.482. The smallest absolute Gasteiger partial charge is 0.411 e. The van der Waals surface area contributed by atoms with E-state index in [0.29, 0.717) is 18.7 Å². The summed E-state index contributed by atoms with van der Waals surface area (Å²) >= 11 is 0. The van der Waals surface area contributed by atoms with Crippen molar-refractivity contribution in [1.29, 1.82) is 0 Å². The van der Waals surface area contributed by atoms with Gasteiger partial charge in [0.15, 0.2) is 0 Å². The molecule has 6 atom stereocenters. The molecular formula is C24H31NO7. The molecule has 8 nitrogen and oxygen atoms in total. The molecule has 1 aliphatic carbocycles. The summed E-state index contributed by atoms with van der Waals surface area (Å²) in [5, 5.41) is 11.7. The van der Waals surface area contributed by atoms with Crippen molar-refractivity contribution in [3.8, 4) is 0 Å². The highest BCUT2D eigenvalue weighted by atomic mass is 16.6. The molecule has 4 rings (SSSR count). The van der Waals surface area contributed by atoms with E-state index in [-0.39, 0.29) is 29.3 Å². The maximum absolute atomic E-state index is 12.6. The molecule has 2 aliphatic heterocycles. The van der Waals surface area contributed by atoms with E-state index in [4.69, 9.17) is 24.1 Å². The molecule has 1 saturated carbocycles. The van der Waals surface area contributed by atoms with E-state index >= 15 is 0 Å². The van der Waals surface area contributed by atoms with Crippen LogP contribution in [0.4, 0.5) is 10.5 Å². The second kappa shape index (κ2) is 8.50. The van der Waals surface area contributed by atoms with Crippen molar-refractivity contribution in [1.82, 2.24) is 0 Å². The number of nitrogens with one attached hydrogen (secondary N) is 1. The number of epoxide rings is 2. The number of carboxylic acid groups (broad SMARTS) is 1. The summed E-state index contributed by atoms with van der Waals surface area (Å²) in [7, 11) is 1.63. The van der Waals surface area contributed by atoms with E-state index < -0.39 is 23.8 Å². The highest BCUT2D eigenvalue weighted by molar-refractivity contribution is 5.89. The predicted molar refractivity (Wildman–Crippen MR) is 117 cm³/mol. The number of hydrogen-bond donors (Lipinski definition) is 2. The van der Waals surface area contributed by atoms with Gasteiger partial charge in [-0.15, -0.1) is 0 Å². The third-order valence-corrected chi connectivity index (χ3v) is 6.87. The number of benzene rings is 1. The van der Waals surface area contributed by atoms with Crippen LogP contribution in [0, 0.1) is 5.92 Å². The molecule has 2 saturated heterocycles. The minimum atomic E-state index is -1.02. The van der Waals surface area contributed by atoms with Crippen molar-refractivity contribution in [3.63, 3.8) is 0 Å². The fraction of sp³-hybridized carbons (Fsp3) is 0.583. The molecule has 32 heavy (non-hydrogen) atoms. The summed E-state index contributed by atoms with van der Waals surface area (Å²) in [5.41, 5.74) is 1.18. The van der Waals surface area contributed by atoms with E-state index in [9.17, 15) is 9.59 Å². The van der Waals surface area contributed by atoms with E-state index in [0.717, 1.165) is 12.8 Å². The van der Waals surface area contributed by atoms with E-state index in [2.05, 4.69) is 32.2 Å². The van der Waals surface area contributed by atoms with Gasteiger partial charge in [0.1, 0.15) is 23.4 Å². The number of amides is 1. The maximum Gasteiger partial charge on any atom is 0.411 e. The normalized spacial score (nSPS) is 35.1. The van der Waals surface area contributed by atoms with Gasteiger partial charge >= 0.3 is 12.1 Å². The first-order chi connectivity index (χ1) is 15.2. The lowest BCUT2D eigenvalue weighted by Crippen LogP contribution is -2.55. The number of aromatic carboxylic acids is 1. The maximum atomic E-state index is 12.6. The lowest BCUT2D eigenvalue weighted by Gasteiger charge is -2.42. The van der Waals surface area contributed by atoms with Crippen molar-refractivity contribution in [2.45, 2.75) is 69.5 Å². The molecule has 1 aromatic rings. The Labute approximate surface area is 187 Å². The van der Waals surface area contributed by atoms with Gasteiger partial charge in [0.25, 0.3) is 0 Å². The fourth-order valence-electron chi connectivity index (χ4n) is 5.05. The summed E-state index contributed by atoms with van der Waals surface area (Å²) < 4.78 is 23.7. The topological polar surface area (TPSA) is 110 Å². The molecule has 0 aromatic heterocycles. The first kappa shape index (κ1) is 22.8. The number of anilines is 1. The third-order valence-electron chi connectivity index (χ3n) is 6.87. The lowest BCUT2D eigenvalue weighted by atomic mass is 9.68. The lowest BCUT2D eigenvalue weighted by molar-refractivity contribution is -0.116. The van der Waals surface area contributed by atoms with Gasteiger partial charge in [-0.3, -0.25) is 5.32 Å². The molecule has 2 N–H and O–H groups in total. The first-order valence-electron chi connectivity index (χ1n) is 11.0. The van der Waals surface area contributed by atoms with Crippen LogP contribution in [0.5, 0.6) is 0 Å². The average Bonchev–Trinajstić information content (AvgIpc) is 3.65. The summed E-state index contributed by atoms with van der Waals surface area (Å²) in [5.74, 6) is -1.07. The Hall–Kier alpha value is -2.42. The van der Waals surface area contributed by atoms with Gasteiger partial charge in [0.05, 0.1) is 24.2 Å². The molecule has 1 amide bonds. The summed E-state index contributed by atoms with van der Waals surface area (Å²) in [6, 6.07) is 5.92. The minimum Gasteiger partial charge on any atom is -0.478 e. The van der Waals surface area contributed by atoms with Gasteiger partial charge in [0.2, 0.25) is 0 Å². The number of carboxylic acids is 1. The first-order valence-corrected chi connectivity index (χ1v) is 11.0. The molecule has 1 aromatic carbocycles. The van der Waals surface area contributed by atoms with Crippen molar-refractivity contribution in [2.24, 2.45) is 5.92 Å². The van der Waals surface area contributed by atoms with Crippen LogP contribution in [0.2, 0.25) is 0 Å². The summed E-state index contributed by atoms with van der Waals surface area (Å²) in [6.45, 7) is 6.91. The van der Waals surface area contributed by atoms with Crippen molar-refractivity contribution < 1.29 is 33.6 Å². The molecule has 2 heterocycles. The largest absolute Gasteiger partial charge is 0.478 e. The monoisotopic (exact) mass is 445 g/mol. The van der Waals surface area contributed by atoms with E-state index in [1.54, 1.807) is 7.11 Å². The van der Waals surface area contributed by atoms with Crippen molar-refractivity contribution >= 4 is 17.7 Å². The zero-order valence-corrected chi connectivity index (χ0v) is 18.9. The SMILES string of the molecule is CO[C@@H]1[C@H](OC(=O)Nc2ccc(C(=O)O)cc2)CC[C@]2(CO2)[C@H]1[C@@]1(C)OC1CC=C(C)C. The van der Waals surface area contributed by atoms with Gasteiger partial charge in [-0.05, 0) is 64.3 Å². The highest BCUT2D eigenvalue weighted by Gasteiger charge is 2.72. The van der Waals surface area contributed by atoms with Crippen LogP contribution in [-0.2, 0) is 18.9 Å². The Morgan fingerprint density at radius 3 is 2.53 bits per heavy atom. The van der Waals surface area contributed by atoms with Crippen LogP contribution in [0.3, 0.4) is 0 Å². The van der Waals surface area contributed by atoms with Gasteiger partial charge in [-0.1, -0.05) is 11.6 Å². The van der Waals surface area contributed by atoms with Gasteiger partial charge in [-0.2, -0.15) is 0 Å². The second-order valence-corrected chi connectivity index (χ2v) is 9.33. The summed E-state index contributed by atoms with van der Waals surface area (Å²) in [6.07, 6.45) is 3.11. The number of hydrogen-bond acceptors (Lipinski definition) is 6. The van der Waals surface area contributed by atoms with Crippen LogP contribution < -0.4 is 5.32 Å². The minimum absolute atomic E-state index is 0.0445. The van der Waals surface area contributed by atoms with Gasteiger partial charge in [-0.25, -0.2) is 9.59 Å². The molecule has 174 valence electrons. The second-order valence-electron chi connectivity index (χ2n) is 9.33. The van der Waals surface area contributed by atoms with Crippen LogP contribution in [0.1, 0.15) is 50.4 Å². The number of rotatable bonds is 7. The fourth-order valence-corrected chi connectivity index (χ4v) is 5.05. The van der Waals surface area contributed by atoms with E-state index in [1.807, 2.05) is 0 Å². The molecule has 0 bridgehead atoms. The third kappa shape index (κ3) is 4.40. The summed E-state index contributed by atoms with van der Waals surface area (Å²) in [4.78, 5) is 23.6.